The molecule has 0 spiro atoms. The molecule has 0 saturated carbocycles. The molecule has 2 N–H and O–H groups in total. The van der Waals surface area contributed by atoms with E-state index in [4.69, 9.17) is 5.73 Å². The molecule has 1 aliphatic heterocycles. The van der Waals surface area contributed by atoms with Crippen LogP contribution in [0.2, 0.25) is 0 Å². The van der Waals surface area contributed by atoms with E-state index in [9.17, 15) is 8.42 Å². The van der Waals surface area contributed by atoms with E-state index in [1.807, 2.05) is 0 Å². The van der Waals surface area contributed by atoms with Crippen LogP contribution >= 0.6 is 0 Å². The molecule has 0 aliphatic carbocycles. The molecule has 0 amide bonds. The SMILES string of the molecule is CN(c1nccc(N)n1)C1CCS(=O)(=O)C1. The predicted octanol–water partition coefficient (Wildman–Crippen LogP) is -0.318. The Morgan fingerprint density at radius 2 is 2.31 bits per heavy atom. The van der Waals surface area contributed by atoms with E-state index in [1.165, 1.54) is 0 Å². The topological polar surface area (TPSA) is 89.2 Å². The van der Waals surface area contributed by atoms with Gasteiger partial charge in [0.25, 0.3) is 0 Å². The molecule has 88 valence electrons. The third-order valence-corrected chi connectivity index (χ3v) is 4.49. The number of nitrogens with two attached hydrogens (primary N) is 1. The van der Waals surface area contributed by atoms with Gasteiger partial charge in [0.05, 0.1) is 11.5 Å². The molecule has 1 saturated heterocycles. The van der Waals surface area contributed by atoms with E-state index in [0.29, 0.717) is 18.2 Å². The van der Waals surface area contributed by atoms with Crippen molar-refractivity contribution < 1.29 is 8.42 Å². The van der Waals surface area contributed by atoms with Crippen molar-refractivity contribution in [2.75, 3.05) is 29.2 Å². The van der Waals surface area contributed by atoms with Gasteiger partial charge in [-0.15, -0.1) is 0 Å². The fourth-order valence-corrected chi connectivity index (χ4v) is 3.55. The molecule has 1 aliphatic rings. The summed E-state index contributed by atoms with van der Waals surface area (Å²) in [5.41, 5.74) is 5.55. The second-order valence-electron chi connectivity index (χ2n) is 3.95. The number of nitrogen functional groups attached to an aromatic ring is 1. The molecule has 1 unspecified atom stereocenters. The van der Waals surface area contributed by atoms with Gasteiger partial charge in [0, 0.05) is 19.3 Å². The number of hydrogen-bond acceptors (Lipinski definition) is 6. The van der Waals surface area contributed by atoms with Gasteiger partial charge in [-0.1, -0.05) is 0 Å². The number of nitrogens with zero attached hydrogens (tertiary/aromatic N) is 3. The first-order chi connectivity index (χ1) is 7.48. The Kier molecular flexibility index (Phi) is 2.71. The van der Waals surface area contributed by atoms with Crippen LogP contribution in [0.3, 0.4) is 0 Å². The summed E-state index contributed by atoms with van der Waals surface area (Å²) in [7, 11) is -1.10. The molecule has 16 heavy (non-hydrogen) atoms. The Labute approximate surface area is 94.4 Å². The lowest BCUT2D eigenvalue weighted by molar-refractivity contribution is 0.600. The van der Waals surface area contributed by atoms with Crippen LogP contribution in [0.5, 0.6) is 0 Å². The average Bonchev–Trinajstić information content (AvgIpc) is 2.58. The number of rotatable bonds is 2. The standard InChI is InChI=1S/C9H14N4O2S/c1-13(7-3-5-16(14,15)6-7)9-11-4-2-8(10)12-9/h2,4,7H,3,5-6H2,1H3,(H2,10,11,12). The summed E-state index contributed by atoms with van der Waals surface area (Å²) in [6.45, 7) is 0. The normalized spacial score (nSPS) is 23.2. The van der Waals surface area contributed by atoms with E-state index in [1.54, 1.807) is 24.2 Å². The number of anilines is 2. The van der Waals surface area contributed by atoms with Crippen molar-refractivity contribution in [1.82, 2.24) is 9.97 Å². The lowest BCUT2D eigenvalue weighted by atomic mass is 10.2. The van der Waals surface area contributed by atoms with Gasteiger partial charge in [0.2, 0.25) is 5.95 Å². The van der Waals surface area contributed by atoms with Gasteiger partial charge >= 0.3 is 0 Å². The second kappa shape index (κ2) is 3.89. The molecule has 1 atom stereocenters. The third kappa shape index (κ3) is 2.24. The van der Waals surface area contributed by atoms with Crippen molar-refractivity contribution in [3.05, 3.63) is 12.3 Å². The van der Waals surface area contributed by atoms with E-state index < -0.39 is 9.84 Å². The van der Waals surface area contributed by atoms with Crippen LogP contribution < -0.4 is 10.6 Å². The van der Waals surface area contributed by atoms with E-state index >= 15 is 0 Å². The molecule has 0 aromatic carbocycles. The predicted molar refractivity (Wildman–Crippen MR) is 61.9 cm³/mol. The van der Waals surface area contributed by atoms with Crippen LogP contribution in [-0.4, -0.2) is 43.0 Å². The molecular weight excluding hydrogens is 228 g/mol. The largest absolute Gasteiger partial charge is 0.384 e. The first kappa shape index (κ1) is 11.1. The Hall–Kier alpha value is -1.37. The highest BCUT2D eigenvalue weighted by atomic mass is 32.2. The summed E-state index contributed by atoms with van der Waals surface area (Å²) in [6, 6.07) is 1.55. The highest BCUT2D eigenvalue weighted by molar-refractivity contribution is 7.91. The fourth-order valence-electron chi connectivity index (χ4n) is 1.78. The summed E-state index contributed by atoms with van der Waals surface area (Å²) >= 11 is 0. The van der Waals surface area contributed by atoms with Crippen molar-refractivity contribution in [1.29, 1.82) is 0 Å². The minimum atomic E-state index is -2.89. The molecule has 6 nitrogen and oxygen atoms in total. The molecule has 0 radical (unpaired) electrons. The van der Waals surface area contributed by atoms with Crippen LogP contribution in [0.1, 0.15) is 6.42 Å². The first-order valence-electron chi connectivity index (χ1n) is 5.00. The van der Waals surface area contributed by atoms with Crippen molar-refractivity contribution in [2.24, 2.45) is 0 Å². The van der Waals surface area contributed by atoms with Crippen LogP contribution in [0.4, 0.5) is 11.8 Å². The van der Waals surface area contributed by atoms with Crippen molar-refractivity contribution in [3.63, 3.8) is 0 Å². The zero-order valence-electron chi connectivity index (χ0n) is 9.00. The van der Waals surface area contributed by atoms with Crippen molar-refractivity contribution >= 4 is 21.6 Å². The quantitative estimate of drug-likeness (QED) is 0.764. The zero-order chi connectivity index (χ0) is 11.8. The number of aromatic nitrogens is 2. The minimum Gasteiger partial charge on any atom is -0.384 e. The van der Waals surface area contributed by atoms with Crippen molar-refractivity contribution in [3.8, 4) is 0 Å². The van der Waals surface area contributed by atoms with Crippen LogP contribution in [0, 0.1) is 0 Å². The summed E-state index contributed by atoms with van der Waals surface area (Å²) in [6.07, 6.45) is 2.19. The molecule has 7 heteroatoms. The first-order valence-corrected chi connectivity index (χ1v) is 6.82. The number of hydrogen-bond donors (Lipinski definition) is 1. The maximum absolute atomic E-state index is 11.4. The van der Waals surface area contributed by atoms with Crippen LogP contribution in [0.25, 0.3) is 0 Å². The lowest BCUT2D eigenvalue weighted by Gasteiger charge is -2.23. The van der Waals surface area contributed by atoms with Crippen LogP contribution in [-0.2, 0) is 9.84 Å². The van der Waals surface area contributed by atoms with Gasteiger partial charge in [-0.05, 0) is 12.5 Å². The van der Waals surface area contributed by atoms with Gasteiger partial charge in [0.15, 0.2) is 9.84 Å². The number of sulfone groups is 1. The van der Waals surface area contributed by atoms with Gasteiger partial charge < -0.3 is 10.6 Å². The Morgan fingerprint density at radius 3 is 2.88 bits per heavy atom. The molecule has 0 bridgehead atoms. The molecule has 2 rings (SSSR count). The third-order valence-electron chi connectivity index (χ3n) is 2.74. The van der Waals surface area contributed by atoms with E-state index in [0.717, 1.165) is 0 Å². The Balaban J connectivity index is 2.17. The van der Waals surface area contributed by atoms with Crippen LogP contribution in [0.15, 0.2) is 12.3 Å². The average molecular weight is 242 g/mol. The summed E-state index contributed by atoms with van der Waals surface area (Å²) in [5.74, 6) is 1.27. The van der Waals surface area contributed by atoms with Gasteiger partial charge in [-0.2, -0.15) is 4.98 Å². The van der Waals surface area contributed by atoms with E-state index in [-0.39, 0.29) is 17.5 Å². The van der Waals surface area contributed by atoms with Gasteiger partial charge in [-0.25, -0.2) is 13.4 Å². The van der Waals surface area contributed by atoms with Gasteiger partial charge in [0.1, 0.15) is 5.82 Å². The van der Waals surface area contributed by atoms with E-state index in [2.05, 4.69) is 9.97 Å². The minimum absolute atomic E-state index is 0.0493. The highest BCUT2D eigenvalue weighted by Gasteiger charge is 2.31. The second-order valence-corrected chi connectivity index (χ2v) is 6.18. The lowest BCUT2D eigenvalue weighted by Crippen LogP contribution is -2.33. The Morgan fingerprint density at radius 1 is 1.56 bits per heavy atom. The smallest absolute Gasteiger partial charge is 0.227 e. The summed E-state index contributed by atoms with van der Waals surface area (Å²) < 4.78 is 22.7. The van der Waals surface area contributed by atoms with Gasteiger partial charge in [-0.3, -0.25) is 0 Å². The highest BCUT2D eigenvalue weighted by Crippen LogP contribution is 2.20. The maximum Gasteiger partial charge on any atom is 0.227 e. The molecule has 1 fully saturated rings. The van der Waals surface area contributed by atoms with Crippen molar-refractivity contribution in [2.45, 2.75) is 12.5 Å². The maximum atomic E-state index is 11.4. The summed E-state index contributed by atoms with van der Waals surface area (Å²) in [4.78, 5) is 9.91. The monoisotopic (exact) mass is 242 g/mol. The Bertz CT molecular complexity index is 488. The molecule has 2 heterocycles. The molecular formula is C9H14N4O2S. The zero-order valence-corrected chi connectivity index (χ0v) is 9.81. The molecule has 1 aromatic heterocycles. The fraction of sp³-hybridized carbons (Fsp3) is 0.556. The summed E-state index contributed by atoms with van der Waals surface area (Å²) in [5, 5.41) is 0. The molecule has 1 aromatic rings.